The Hall–Kier alpha value is -1.39. The van der Waals surface area contributed by atoms with Crippen LogP contribution in [-0.4, -0.2) is 16.3 Å². The minimum absolute atomic E-state index is 0.281. The Balaban J connectivity index is 2.44. The number of rotatable bonds is 4. The van der Waals surface area contributed by atoms with Crippen LogP contribution in [0.15, 0.2) is 30.5 Å². The van der Waals surface area contributed by atoms with Crippen molar-refractivity contribution in [2.45, 2.75) is 13.0 Å². The van der Waals surface area contributed by atoms with Gasteiger partial charge in [0.15, 0.2) is 0 Å². The highest BCUT2D eigenvalue weighted by Gasteiger charge is 2.19. The van der Waals surface area contributed by atoms with Gasteiger partial charge in [-0.2, -0.15) is 5.10 Å². The van der Waals surface area contributed by atoms with Gasteiger partial charge in [0.05, 0.1) is 11.7 Å². The molecule has 5 heteroatoms. The maximum atomic E-state index is 13.9. The molecule has 0 fully saturated rings. The predicted molar refractivity (Wildman–Crippen MR) is 70.1 cm³/mol. The third kappa shape index (κ3) is 2.71. The van der Waals surface area contributed by atoms with Gasteiger partial charge < -0.3 is 5.32 Å². The number of nitrogens with one attached hydrogen (secondary N) is 1. The lowest BCUT2D eigenvalue weighted by atomic mass is 10.0. The standard InChI is InChI=1S/C13H15ClFN3/c1-3-16-13(12-6-7-18(2)17-12)10-8-9(14)4-5-11(10)15/h4-8,13,16H,3H2,1-2H3. The van der Waals surface area contributed by atoms with Crippen molar-refractivity contribution in [1.29, 1.82) is 0 Å². The average molecular weight is 268 g/mol. The summed E-state index contributed by atoms with van der Waals surface area (Å²) in [5.41, 5.74) is 1.29. The number of benzene rings is 1. The molecule has 0 amide bonds. The SMILES string of the molecule is CCNC(c1ccn(C)n1)c1cc(Cl)ccc1F. The van der Waals surface area contributed by atoms with Gasteiger partial charge in [-0.3, -0.25) is 4.68 Å². The van der Waals surface area contributed by atoms with Crippen LogP contribution in [0.1, 0.15) is 24.2 Å². The van der Waals surface area contributed by atoms with Crippen LogP contribution in [0.2, 0.25) is 5.02 Å². The van der Waals surface area contributed by atoms with Crippen LogP contribution in [0.5, 0.6) is 0 Å². The normalized spacial score (nSPS) is 12.7. The fourth-order valence-corrected chi connectivity index (χ4v) is 2.08. The highest BCUT2D eigenvalue weighted by atomic mass is 35.5. The molecule has 0 aliphatic heterocycles. The zero-order valence-electron chi connectivity index (χ0n) is 10.3. The molecule has 0 aliphatic carbocycles. The zero-order chi connectivity index (χ0) is 13.1. The highest BCUT2D eigenvalue weighted by Crippen LogP contribution is 2.25. The van der Waals surface area contributed by atoms with E-state index < -0.39 is 0 Å². The lowest BCUT2D eigenvalue weighted by molar-refractivity contribution is 0.546. The summed E-state index contributed by atoms with van der Waals surface area (Å²) in [5.74, 6) is -0.281. The largest absolute Gasteiger partial charge is 0.305 e. The molecule has 0 bridgehead atoms. The van der Waals surface area contributed by atoms with E-state index in [1.54, 1.807) is 16.8 Å². The van der Waals surface area contributed by atoms with Crippen LogP contribution < -0.4 is 5.32 Å². The Morgan fingerprint density at radius 2 is 2.22 bits per heavy atom. The third-order valence-electron chi connectivity index (χ3n) is 2.71. The molecule has 0 radical (unpaired) electrons. The van der Waals surface area contributed by atoms with Gasteiger partial charge in [0.2, 0.25) is 0 Å². The maximum absolute atomic E-state index is 13.9. The van der Waals surface area contributed by atoms with Crippen molar-refractivity contribution in [2.24, 2.45) is 7.05 Å². The molecule has 0 saturated heterocycles. The van der Waals surface area contributed by atoms with Crippen LogP contribution in [0.3, 0.4) is 0 Å². The quantitative estimate of drug-likeness (QED) is 0.923. The molecule has 1 N–H and O–H groups in total. The van der Waals surface area contributed by atoms with Crippen LogP contribution in [0.4, 0.5) is 4.39 Å². The van der Waals surface area contributed by atoms with E-state index in [0.717, 1.165) is 5.69 Å². The summed E-state index contributed by atoms with van der Waals surface area (Å²) in [7, 11) is 1.83. The van der Waals surface area contributed by atoms with Gasteiger partial charge in [-0.15, -0.1) is 0 Å². The first kappa shape index (κ1) is 13.1. The fraction of sp³-hybridized carbons (Fsp3) is 0.308. The Morgan fingerprint density at radius 3 is 2.83 bits per heavy atom. The molecule has 0 aliphatic rings. The van der Waals surface area contributed by atoms with Crippen molar-refractivity contribution in [3.05, 3.63) is 52.6 Å². The lowest BCUT2D eigenvalue weighted by Crippen LogP contribution is -2.23. The second kappa shape index (κ2) is 5.50. The number of hydrogen-bond donors (Lipinski definition) is 1. The van der Waals surface area contributed by atoms with Crippen molar-refractivity contribution in [3.63, 3.8) is 0 Å². The average Bonchev–Trinajstić information content (AvgIpc) is 2.76. The summed E-state index contributed by atoms with van der Waals surface area (Å²) < 4.78 is 15.6. The lowest BCUT2D eigenvalue weighted by Gasteiger charge is -2.17. The number of nitrogens with zero attached hydrogens (tertiary/aromatic N) is 2. The molecule has 1 atom stereocenters. The zero-order valence-corrected chi connectivity index (χ0v) is 11.1. The van der Waals surface area contributed by atoms with Crippen LogP contribution in [-0.2, 0) is 7.05 Å². The molecule has 0 spiro atoms. The van der Waals surface area contributed by atoms with Gasteiger partial charge in [-0.1, -0.05) is 18.5 Å². The van der Waals surface area contributed by atoms with Crippen LogP contribution in [0.25, 0.3) is 0 Å². The molecule has 96 valence electrons. The van der Waals surface area contributed by atoms with E-state index in [9.17, 15) is 4.39 Å². The summed E-state index contributed by atoms with van der Waals surface area (Å²) in [5, 5.41) is 8.06. The van der Waals surface area contributed by atoms with E-state index in [-0.39, 0.29) is 11.9 Å². The monoisotopic (exact) mass is 267 g/mol. The van der Waals surface area contributed by atoms with Gasteiger partial charge in [0.1, 0.15) is 5.82 Å². The van der Waals surface area contributed by atoms with E-state index >= 15 is 0 Å². The van der Waals surface area contributed by atoms with Crippen molar-refractivity contribution < 1.29 is 4.39 Å². The van der Waals surface area contributed by atoms with Gasteiger partial charge in [0, 0.05) is 23.8 Å². The third-order valence-corrected chi connectivity index (χ3v) is 2.94. The summed E-state index contributed by atoms with van der Waals surface area (Å²) in [6, 6.07) is 6.15. The minimum Gasteiger partial charge on any atom is -0.305 e. The van der Waals surface area contributed by atoms with Crippen LogP contribution >= 0.6 is 11.6 Å². The molecule has 18 heavy (non-hydrogen) atoms. The smallest absolute Gasteiger partial charge is 0.128 e. The molecule has 2 rings (SSSR count). The number of aromatic nitrogens is 2. The first-order valence-corrected chi connectivity index (χ1v) is 6.17. The molecule has 1 aromatic heterocycles. The predicted octanol–water partition coefficient (Wildman–Crippen LogP) is 2.91. The van der Waals surface area contributed by atoms with Crippen molar-refractivity contribution in [2.75, 3.05) is 6.54 Å². The second-order valence-corrected chi connectivity index (χ2v) is 4.51. The Morgan fingerprint density at radius 1 is 1.44 bits per heavy atom. The Bertz CT molecular complexity index is 539. The Kier molecular flexibility index (Phi) is 3.99. The van der Waals surface area contributed by atoms with E-state index in [2.05, 4.69) is 10.4 Å². The van der Waals surface area contributed by atoms with Crippen molar-refractivity contribution in [3.8, 4) is 0 Å². The van der Waals surface area contributed by atoms with Gasteiger partial charge in [0.25, 0.3) is 0 Å². The number of hydrogen-bond acceptors (Lipinski definition) is 2. The molecule has 1 unspecified atom stereocenters. The number of halogens is 2. The summed E-state index contributed by atoms with van der Waals surface area (Å²) in [4.78, 5) is 0. The van der Waals surface area contributed by atoms with Crippen molar-refractivity contribution >= 4 is 11.6 Å². The summed E-state index contributed by atoms with van der Waals surface area (Å²) >= 11 is 5.93. The van der Waals surface area contributed by atoms with E-state index in [0.29, 0.717) is 17.1 Å². The summed E-state index contributed by atoms with van der Waals surface area (Å²) in [6.45, 7) is 2.69. The molecular formula is C13H15ClFN3. The van der Waals surface area contributed by atoms with Gasteiger partial charge >= 0.3 is 0 Å². The van der Waals surface area contributed by atoms with Crippen LogP contribution in [0, 0.1) is 5.82 Å². The van der Waals surface area contributed by atoms with Gasteiger partial charge in [-0.05, 0) is 30.8 Å². The first-order chi connectivity index (χ1) is 8.61. The molecule has 3 nitrogen and oxygen atoms in total. The van der Waals surface area contributed by atoms with E-state index in [1.807, 2.05) is 26.2 Å². The Labute approximate surface area is 111 Å². The number of aryl methyl sites for hydroxylation is 1. The molecule has 1 heterocycles. The fourth-order valence-electron chi connectivity index (χ4n) is 1.90. The highest BCUT2D eigenvalue weighted by molar-refractivity contribution is 6.30. The second-order valence-electron chi connectivity index (χ2n) is 4.07. The molecule has 1 aromatic carbocycles. The molecule has 2 aromatic rings. The maximum Gasteiger partial charge on any atom is 0.128 e. The van der Waals surface area contributed by atoms with Gasteiger partial charge in [-0.25, -0.2) is 4.39 Å². The molecule has 0 saturated carbocycles. The molecular weight excluding hydrogens is 253 g/mol. The minimum atomic E-state index is -0.283. The first-order valence-electron chi connectivity index (χ1n) is 5.79. The van der Waals surface area contributed by atoms with Crippen molar-refractivity contribution in [1.82, 2.24) is 15.1 Å². The van der Waals surface area contributed by atoms with E-state index in [4.69, 9.17) is 11.6 Å². The van der Waals surface area contributed by atoms with E-state index in [1.165, 1.54) is 6.07 Å². The topological polar surface area (TPSA) is 29.9 Å². The summed E-state index contributed by atoms with van der Waals surface area (Å²) in [6.07, 6.45) is 1.84.